The van der Waals surface area contributed by atoms with Gasteiger partial charge in [-0.2, -0.15) is 5.26 Å². The predicted octanol–water partition coefficient (Wildman–Crippen LogP) is 0.550. The molecule has 1 aliphatic rings. The zero-order chi connectivity index (χ0) is 12.9. The minimum absolute atomic E-state index is 0.272. The third-order valence-electron chi connectivity index (χ3n) is 3.05. The normalized spacial score (nSPS) is 21.0. The van der Waals surface area contributed by atoms with Crippen LogP contribution in [0.15, 0.2) is 0 Å². The first-order valence-corrected chi connectivity index (χ1v) is 7.61. The molecule has 0 aromatic carbocycles. The minimum atomic E-state index is -3.47. The maximum atomic E-state index is 11.6. The molecule has 1 N–H and O–H groups in total. The van der Waals surface area contributed by atoms with Crippen LogP contribution in [0.5, 0.6) is 0 Å². The predicted molar refractivity (Wildman–Crippen MR) is 66.8 cm³/mol. The van der Waals surface area contributed by atoms with Gasteiger partial charge in [0.25, 0.3) is 0 Å². The fourth-order valence-corrected chi connectivity index (χ4v) is 2.83. The molecule has 0 bridgehead atoms. The van der Waals surface area contributed by atoms with Crippen molar-refractivity contribution in [2.45, 2.75) is 31.9 Å². The van der Waals surface area contributed by atoms with Crippen LogP contribution in [0.4, 0.5) is 0 Å². The molecule has 2 unspecified atom stereocenters. The maximum absolute atomic E-state index is 11.6. The van der Waals surface area contributed by atoms with Crippen molar-refractivity contribution < 1.29 is 8.42 Å². The molecule has 0 aliphatic carbocycles. The van der Waals surface area contributed by atoms with E-state index in [-0.39, 0.29) is 5.92 Å². The summed E-state index contributed by atoms with van der Waals surface area (Å²) in [5.74, 6) is 0.272. The molecule has 1 rings (SSSR count). The molecule has 0 aromatic heterocycles. The average Bonchev–Trinajstić information content (AvgIpc) is 2.78. The van der Waals surface area contributed by atoms with Gasteiger partial charge in [0.15, 0.2) is 5.25 Å². The highest BCUT2D eigenvalue weighted by molar-refractivity contribution is 7.90. The summed E-state index contributed by atoms with van der Waals surface area (Å²) in [6.45, 7) is 6.98. The van der Waals surface area contributed by atoms with Crippen molar-refractivity contribution in [3.8, 4) is 6.07 Å². The van der Waals surface area contributed by atoms with Crippen molar-refractivity contribution in [1.82, 2.24) is 9.62 Å². The second-order valence-corrected chi connectivity index (χ2v) is 6.86. The fourth-order valence-electron chi connectivity index (χ4n) is 1.92. The number of hydrogen-bond donors (Lipinski definition) is 1. The number of likely N-dealkylation sites (tertiary alicyclic amines) is 1. The van der Waals surface area contributed by atoms with Gasteiger partial charge in [-0.25, -0.2) is 13.1 Å². The standard InChI is InChI=1S/C11H21N3O2S/c1-10(9-14-5-3-4-6-14)8-13-17(15,16)11(2)7-12/h10-11,13H,3-6,8-9H2,1-2H3. The highest BCUT2D eigenvalue weighted by Gasteiger charge is 2.21. The Labute approximate surface area is 104 Å². The van der Waals surface area contributed by atoms with E-state index in [4.69, 9.17) is 5.26 Å². The van der Waals surface area contributed by atoms with Gasteiger partial charge in [-0.1, -0.05) is 6.92 Å². The van der Waals surface area contributed by atoms with E-state index < -0.39 is 15.3 Å². The number of nitrogens with zero attached hydrogens (tertiary/aromatic N) is 2. The second-order valence-electron chi connectivity index (χ2n) is 4.78. The molecular weight excluding hydrogens is 238 g/mol. The van der Waals surface area contributed by atoms with Gasteiger partial charge in [-0.3, -0.25) is 0 Å². The number of nitriles is 1. The lowest BCUT2D eigenvalue weighted by molar-refractivity contribution is 0.288. The molecule has 98 valence electrons. The van der Waals surface area contributed by atoms with Gasteiger partial charge in [-0.15, -0.1) is 0 Å². The van der Waals surface area contributed by atoms with Gasteiger partial charge in [0.05, 0.1) is 6.07 Å². The lowest BCUT2D eigenvalue weighted by Crippen LogP contribution is -2.37. The van der Waals surface area contributed by atoms with Crippen LogP contribution in [-0.2, 0) is 10.0 Å². The molecule has 0 aromatic rings. The molecule has 17 heavy (non-hydrogen) atoms. The molecule has 0 amide bonds. The van der Waals surface area contributed by atoms with E-state index in [1.165, 1.54) is 19.8 Å². The van der Waals surface area contributed by atoms with Crippen molar-refractivity contribution in [2.75, 3.05) is 26.2 Å². The molecule has 0 radical (unpaired) electrons. The molecule has 1 aliphatic heterocycles. The van der Waals surface area contributed by atoms with Crippen LogP contribution in [0.3, 0.4) is 0 Å². The Kier molecular flexibility index (Phi) is 5.37. The van der Waals surface area contributed by atoms with Gasteiger partial charge >= 0.3 is 0 Å². The van der Waals surface area contributed by atoms with E-state index in [9.17, 15) is 8.42 Å². The minimum Gasteiger partial charge on any atom is -0.303 e. The highest BCUT2D eigenvalue weighted by Crippen LogP contribution is 2.10. The number of hydrogen-bond acceptors (Lipinski definition) is 4. The summed E-state index contributed by atoms with van der Waals surface area (Å²) in [4.78, 5) is 2.35. The monoisotopic (exact) mass is 259 g/mol. The second kappa shape index (κ2) is 6.34. The molecule has 0 saturated carbocycles. The summed E-state index contributed by atoms with van der Waals surface area (Å²) in [6, 6.07) is 1.74. The van der Waals surface area contributed by atoms with Crippen LogP contribution >= 0.6 is 0 Å². The van der Waals surface area contributed by atoms with Crippen molar-refractivity contribution in [2.24, 2.45) is 5.92 Å². The van der Waals surface area contributed by atoms with Gasteiger partial charge < -0.3 is 4.90 Å². The summed E-state index contributed by atoms with van der Waals surface area (Å²) in [7, 11) is -3.47. The van der Waals surface area contributed by atoms with E-state index in [1.54, 1.807) is 6.07 Å². The Morgan fingerprint density at radius 1 is 1.35 bits per heavy atom. The molecule has 1 saturated heterocycles. The first kappa shape index (κ1) is 14.4. The summed E-state index contributed by atoms with van der Waals surface area (Å²) in [5.41, 5.74) is 0. The molecule has 2 atom stereocenters. The van der Waals surface area contributed by atoms with Gasteiger partial charge in [0.2, 0.25) is 10.0 Å². The lowest BCUT2D eigenvalue weighted by Gasteiger charge is -2.20. The van der Waals surface area contributed by atoms with Crippen LogP contribution < -0.4 is 4.72 Å². The summed E-state index contributed by atoms with van der Waals surface area (Å²) >= 11 is 0. The van der Waals surface area contributed by atoms with E-state index in [0.717, 1.165) is 19.6 Å². The van der Waals surface area contributed by atoms with Crippen molar-refractivity contribution in [3.05, 3.63) is 0 Å². The molecule has 0 spiro atoms. The Morgan fingerprint density at radius 3 is 2.47 bits per heavy atom. The van der Waals surface area contributed by atoms with E-state index in [0.29, 0.717) is 6.54 Å². The number of sulfonamides is 1. The topological polar surface area (TPSA) is 73.2 Å². The third kappa shape index (κ3) is 4.62. The molecule has 6 heteroatoms. The van der Waals surface area contributed by atoms with Crippen LogP contribution in [0.2, 0.25) is 0 Å². The first-order valence-electron chi connectivity index (χ1n) is 6.06. The highest BCUT2D eigenvalue weighted by atomic mass is 32.2. The van der Waals surface area contributed by atoms with Crippen LogP contribution in [0.25, 0.3) is 0 Å². The average molecular weight is 259 g/mol. The molecule has 1 fully saturated rings. The van der Waals surface area contributed by atoms with E-state index in [1.807, 2.05) is 6.92 Å². The van der Waals surface area contributed by atoms with Crippen molar-refractivity contribution >= 4 is 10.0 Å². The van der Waals surface area contributed by atoms with Crippen LogP contribution in [0, 0.1) is 17.2 Å². The number of rotatable bonds is 6. The first-order chi connectivity index (χ1) is 7.95. The number of nitrogens with one attached hydrogen (secondary N) is 1. The Bertz CT molecular complexity index is 369. The van der Waals surface area contributed by atoms with Gasteiger partial charge in [0, 0.05) is 13.1 Å². The van der Waals surface area contributed by atoms with E-state index in [2.05, 4.69) is 9.62 Å². The van der Waals surface area contributed by atoms with E-state index >= 15 is 0 Å². The van der Waals surface area contributed by atoms with Crippen LogP contribution in [-0.4, -0.2) is 44.7 Å². The zero-order valence-electron chi connectivity index (χ0n) is 10.5. The Balaban J connectivity index is 2.32. The van der Waals surface area contributed by atoms with Crippen molar-refractivity contribution in [3.63, 3.8) is 0 Å². The van der Waals surface area contributed by atoms with Gasteiger partial charge in [-0.05, 0) is 38.8 Å². The Morgan fingerprint density at radius 2 is 1.94 bits per heavy atom. The SMILES string of the molecule is CC(CNS(=O)(=O)C(C)C#N)CN1CCCC1. The maximum Gasteiger partial charge on any atom is 0.227 e. The molecule has 1 heterocycles. The summed E-state index contributed by atoms with van der Waals surface area (Å²) in [6.07, 6.45) is 2.48. The van der Waals surface area contributed by atoms with Gasteiger partial charge in [0.1, 0.15) is 0 Å². The Hall–Kier alpha value is -0.640. The van der Waals surface area contributed by atoms with Crippen molar-refractivity contribution in [1.29, 1.82) is 5.26 Å². The smallest absolute Gasteiger partial charge is 0.227 e. The molecular formula is C11H21N3O2S. The largest absolute Gasteiger partial charge is 0.303 e. The third-order valence-corrected chi connectivity index (χ3v) is 4.65. The summed E-state index contributed by atoms with van der Waals surface area (Å²) in [5, 5.41) is 7.60. The quantitative estimate of drug-likeness (QED) is 0.756. The molecule has 5 nitrogen and oxygen atoms in total. The lowest BCUT2D eigenvalue weighted by atomic mass is 10.2. The van der Waals surface area contributed by atoms with Crippen LogP contribution in [0.1, 0.15) is 26.7 Å². The summed E-state index contributed by atoms with van der Waals surface area (Å²) < 4.78 is 25.6. The zero-order valence-corrected chi connectivity index (χ0v) is 11.3. The fraction of sp³-hybridized carbons (Fsp3) is 0.909.